The van der Waals surface area contributed by atoms with Crippen LogP contribution >= 0.6 is 0 Å². The molecule has 0 bridgehead atoms. The fourth-order valence-corrected chi connectivity index (χ4v) is 2.57. The number of nitrogens with two attached hydrogens (primary N) is 1. The largest absolute Gasteiger partial charge is 0.444 e. The van der Waals surface area contributed by atoms with Crippen molar-refractivity contribution in [2.24, 2.45) is 18.8 Å². The molecule has 9 nitrogen and oxygen atoms in total. The summed E-state index contributed by atoms with van der Waals surface area (Å²) in [6.07, 6.45) is 1.18. The molecule has 1 aliphatic rings. The van der Waals surface area contributed by atoms with E-state index in [9.17, 15) is 4.79 Å². The van der Waals surface area contributed by atoms with Gasteiger partial charge in [0, 0.05) is 25.6 Å². The van der Waals surface area contributed by atoms with Gasteiger partial charge in [-0.05, 0) is 38.3 Å². The number of nitrogens with zero attached hydrogens (tertiary/aromatic N) is 5. The van der Waals surface area contributed by atoms with Crippen LogP contribution in [0, 0.1) is 5.92 Å². The second kappa shape index (κ2) is 6.57. The van der Waals surface area contributed by atoms with Crippen molar-refractivity contribution in [2.45, 2.75) is 45.3 Å². The molecule has 2 atom stereocenters. The average Bonchev–Trinajstić information content (AvgIpc) is 3.03. The smallest absolute Gasteiger partial charge is 0.410 e. The highest BCUT2D eigenvalue weighted by Gasteiger charge is 2.34. The number of carbonyl (C=O) groups is 1. The van der Waals surface area contributed by atoms with Gasteiger partial charge in [0.1, 0.15) is 5.60 Å². The van der Waals surface area contributed by atoms with Crippen LogP contribution in [0.15, 0.2) is 0 Å². The number of hydrogen-bond donors (Lipinski definition) is 2. The molecule has 0 aromatic carbocycles. The summed E-state index contributed by atoms with van der Waals surface area (Å²) in [5.74, 6) is 6.54. The van der Waals surface area contributed by atoms with Gasteiger partial charge in [-0.15, -0.1) is 10.2 Å². The number of amides is 1. The topological polar surface area (TPSA) is 111 Å². The summed E-state index contributed by atoms with van der Waals surface area (Å²) in [6.45, 7) is 6.88. The maximum absolute atomic E-state index is 12.1. The monoisotopic (exact) mass is 311 g/mol. The van der Waals surface area contributed by atoms with E-state index in [1.165, 1.54) is 4.80 Å². The number of carbonyl (C=O) groups excluding carboxylic acids is 1. The number of ether oxygens (including phenoxy) is 1. The second-order valence-corrected chi connectivity index (χ2v) is 6.65. The first-order valence-electron chi connectivity index (χ1n) is 7.45. The van der Waals surface area contributed by atoms with Gasteiger partial charge in [-0.25, -0.2) is 4.79 Å². The fourth-order valence-electron chi connectivity index (χ4n) is 2.57. The van der Waals surface area contributed by atoms with Crippen molar-refractivity contribution in [3.05, 3.63) is 5.82 Å². The highest BCUT2D eigenvalue weighted by Crippen LogP contribution is 2.23. The molecule has 1 aromatic heterocycles. The number of aryl methyl sites for hydroxylation is 1. The lowest BCUT2D eigenvalue weighted by Gasteiger charge is -2.25. The normalized spacial score (nSPS) is 20.2. The first-order chi connectivity index (χ1) is 10.3. The molecule has 1 aromatic rings. The van der Waals surface area contributed by atoms with Crippen molar-refractivity contribution in [3.63, 3.8) is 0 Å². The minimum atomic E-state index is -0.482. The summed E-state index contributed by atoms with van der Waals surface area (Å²) >= 11 is 0. The van der Waals surface area contributed by atoms with Gasteiger partial charge in [0.25, 0.3) is 0 Å². The zero-order valence-electron chi connectivity index (χ0n) is 13.6. The number of likely N-dealkylation sites (tertiary alicyclic amines) is 1. The Balaban J connectivity index is 1.91. The summed E-state index contributed by atoms with van der Waals surface area (Å²) in [4.78, 5) is 15.2. The summed E-state index contributed by atoms with van der Waals surface area (Å²) in [5, 5.41) is 12.0. The minimum Gasteiger partial charge on any atom is -0.444 e. The van der Waals surface area contributed by atoms with Crippen molar-refractivity contribution in [1.82, 2.24) is 30.5 Å². The van der Waals surface area contributed by atoms with Crippen molar-refractivity contribution in [2.75, 3.05) is 13.1 Å². The van der Waals surface area contributed by atoms with Crippen LogP contribution in [-0.4, -0.2) is 55.9 Å². The Bertz CT molecular complexity index is 511. The average molecular weight is 311 g/mol. The number of hydrogen-bond acceptors (Lipinski definition) is 7. The van der Waals surface area contributed by atoms with E-state index in [0.717, 1.165) is 6.42 Å². The van der Waals surface area contributed by atoms with Crippen molar-refractivity contribution in [1.29, 1.82) is 0 Å². The second-order valence-electron chi connectivity index (χ2n) is 6.65. The van der Waals surface area contributed by atoms with Crippen LogP contribution in [0.3, 0.4) is 0 Å². The lowest BCUT2D eigenvalue weighted by atomic mass is 9.96. The molecular weight excluding hydrogens is 286 g/mol. The SMILES string of the molecule is Cn1nnc(CC(NN)C2CCN(C(=O)OC(C)(C)C)C2)n1. The highest BCUT2D eigenvalue weighted by atomic mass is 16.6. The zero-order chi connectivity index (χ0) is 16.3. The van der Waals surface area contributed by atoms with Crippen LogP contribution in [0.5, 0.6) is 0 Å². The van der Waals surface area contributed by atoms with E-state index in [1.54, 1.807) is 11.9 Å². The molecule has 0 saturated carbocycles. The third-order valence-electron chi connectivity index (χ3n) is 3.61. The Morgan fingerprint density at radius 1 is 1.55 bits per heavy atom. The first kappa shape index (κ1) is 16.6. The van der Waals surface area contributed by atoms with E-state index in [4.69, 9.17) is 10.6 Å². The van der Waals surface area contributed by atoms with E-state index >= 15 is 0 Å². The Morgan fingerprint density at radius 2 is 2.27 bits per heavy atom. The van der Waals surface area contributed by atoms with Gasteiger partial charge in [-0.2, -0.15) is 4.80 Å². The van der Waals surface area contributed by atoms with Gasteiger partial charge in [0.05, 0.1) is 7.05 Å². The molecule has 9 heteroatoms. The molecule has 2 unspecified atom stereocenters. The van der Waals surface area contributed by atoms with Crippen LogP contribution in [0.2, 0.25) is 0 Å². The van der Waals surface area contributed by atoms with Gasteiger partial charge in [0.2, 0.25) is 0 Å². The number of rotatable bonds is 4. The van der Waals surface area contributed by atoms with Crippen molar-refractivity contribution >= 4 is 6.09 Å². The molecular formula is C13H25N7O2. The summed E-state index contributed by atoms with van der Waals surface area (Å²) in [7, 11) is 1.72. The molecule has 1 aliphatic heterocycles. The van der Waals surface area contributed by atoms with Crippen LogP contribution in [0.4, 0.5) is 4.79 Å². The number of aromatic nitrogens is 4. The molecule has 3 N–H and O–H groups in total. The fraction of sp³-hybridized carbons (Fsp3) is 0.846. The summed E-state index contributed by atoms with van der Waals surface area (Å²) < 4.78 is 5.40. The summed E-state index contributed by atoms with van der Waals surface area (Å²) in [6, 6.07) is -0.00311. The third kappa shape index (κ3) is 4.38. The number of hydrazine groups is 1. The predicted octanol–water partition coefficient (Wildman–Crippen LogP) is -0.158. The van der Waals surface area contributed by atoms with E-state index in [2.05, 4.69) is 20.8 Å². The Morgan fingerprint density at radius 3 is 2.82 bits per heavy atom. The molecule has 0 radical (unpaired) electrons. The third-order valence-corrected chi connectivity index (χ3v) is 3.61. The highest BCUT2D eigenvalue weighted by molar-refractivity contribution is 5.68. The maximum atomic E-state index is 12.1. The first-order valence-corrected chi connectivity index (χ1v) is 7.45. The van der Waals surface area contributed by atoms with Gasteiger partial charge >= 0.3 is 6.09 Å². The molecule has 0 spiro atoms. The van der Waals surface area contributed by atoms with Crippen LogP contribution in [0.1, 0.15) is 33.0 Å². The number of nitrogens with one attached hydrogen (secondary N) is 1. The van der Waals surface area contributed by atoms with E-state index < -0.39 is 5.60 Å². The molecule has 1 amide bonds. The molecule has 0 aliphatic carbocycles. The standard InChI is InChI=1S/C13H25N7O2/c1-13(2,3)22-12(21)20-6-5-9(8-20)10(15-14)7-11-16-18-19(4)17-11/h9-10,15H,5-8,14H2,1-4H3. The summed E-state index contributed by atoms with van der Waals surface area (Å²) in [5.41, 5.74) is 2.33. The number of tetrazole rings is 1. The van der Waals surface area contributed by atoms with Gasteiger partial charge in [-0.1, -0.05) is 0 Å². The van der Waals surface area contributed by atoms with Crippen LogP contribution < -0.4 is 11.3 Å². The Kier molecular flexibility index (Phi) is 4.97. The van der Waals surface area contributed by atoms with E-state index in [1.807, 2.05) is 20.8 Å². The van der Waals surface area contributed by atoms with E-state index in [-0.39, 0.29) is 18.1 Å². The predicted molar refractivity (Wildman–Crippen MR) is 79.5 cm³/mol. The van der Waals surface area contributed by atoms with Gasteiger partial charge in [-0.3, -0.25) is 11.3 Å². The van der Waals surface area contributed by atoms with Crippen molar-refractivity contribution in [3.8, 4) is 0 Å². The Hall–Kier alpha value is -1.74. The Labute approximate surface area is 130 Å². The van der Waals surface area contributed by atoms with Crippen molar-refractivity contribution < 1.29 is 9.53 Å². The minimum absolute atomic E-state index is 0.00311. The van der Waals surface area contributed by atoms with Gasteiger partial charge < -0.3 is 9.64 Å². The molecule has 22 heavy (non-hydrogen) atoms. The lowest BCUT2D eigenvalue weighted by Crippen LogP contribution is -2.44. The van der Waals surface area contributed by atoms with Gasteiger partial charge in [0.15, 0.2) is 5.82 Å². The quantitative estimate of drug-likeness (QED) is 0.587. The zero-order valence-corrected chi connectivity index (χ0v) is 13.6. The molecule has 124 valence electrons. The molecule has 2 heterocycles. The van der Waals surface area contributed by atoms with Crippen LogP contribution in [-0.2, 0) is 18.2 Å². The maximum Gasteiger partial charge on any atom is 0.410 e. The molecule has 1 saturated heterocycles. The van der Waals surface area contributed by atoms with E-state index in [0.29, 0.717) is 25.3 Å². The molecule has 2 rings (SSSR count). The molecule has 1 fully saturated rings. The van der Waals surface area contributed by atoms with Crippen LogP contribution in [0.25, 0.3) is 0 Å². The lowest BCUT2D eigenvalue weighted by molar-refractivity contribution is 0.0285.